The van der Waals surface area contributed by atoms with E-state index in [-0.39, 0.29) is 30.1 Å². The summed E-state index contributed by atoms with van der Waals surface area (Å²) in [5.74, 6) is -1.72. The highest BCUT2D eigenvalue weighted by atomic mass is 19.1. The lowest BCUT2D eigenvalue weighted by Gasteiger charge is -2.42. The fourth-order valence-corrected chi connectivity index (χ4v) is 3.13. The van der Waals surface area contributed by atoms with E-state index in [0.717, 1.165) is 0 Å². The zero-order valence-electron chi connectivity index (χ0n) is 13.3. The highest BCUT2D eigenvalue weighted by Gasteiger charge is 2.35. The van der Waals surface area contributed by atoms with E-state index in [4.69, 9.17) is 5.11 Å². The number of carbonyl (C=O) groups is 2. The summed E-state index contributed by atoms with van der Waals surface area (Å²) in [5.41, 5.74) is 1.11. The number of aromatic amines is 1. The van der Waals surface area contributed by atoms with Gasteiger partial charge in [0.1, 0.15) is 11.3 Å². The van der Waals surface area contributed by atoms with Crippen molar-refractivity contribution < 1.29 is 19.1 Å². The molecule has 0 bridgehead atoms. The van der Waals surface area contributed by atoms with Crippen LogP contribution in [0.25, 0.3) is 11.0 Å². The Morgan fingerprint density at radius 1 is 1.46 bits per heavy atom. The molecule has 8 heteroatoms. The number of nitrogens with zero attached hydrogens (tertiary/aromatic N) is 2. The standard InChI is InChI=1S/C16H19FN4O3/c1-2-21(7-14(22)23)11-5-10(6-11)20-16(24)12-3-9(17)4-13-15(12)19-8-18-13/h3-4,8,10-11H,2,5-7H2,1H3,(H,18,19)(H,20,24)(H,22,23). The summed E-state index contributed by atoms with van der Waals surface area (Å²) in [7, 11) is 0. The van der Waals surface area contributed by atoms with Gasteiger partial charge in [0, 0.05) is 12.1 Å². The quantitative estimate of drug-likeness (QED) is 0.741. The van der Waals surface area contributed by atoms with Crippen LogP contribution >= 0.6 is 0 Å². The molecule has 0 spiro atoms. The van der Waals surface area contributed by atoms with E-state index in [9.17, 15) is 14.0 Å². The summed E-state index contributed by atoms with van der Waals surface area (Å²) < 4.78 is 13.6. The van der Waals surface area contributed by atoms with Crippen LogP contribution in [0.15, 0.2) is 18.5 Å². The Labute approximate surface area is 137 Å². The predicted octanol–water partition coefficient (Wildman–Crippen LogP) is 1.37. The summed E-state index contributed by atoms with van der Waals surface area (Å²) in [6, 6.07) is 2.58. The molecule has 1 aromatic carbocycles. The molecule has 2 aromatic rings. The Morgan fingerprint density at radius 3 is 2.88 bits per heavy atom. The average molecular weight is 334 g/mol. The molecule has 0 atom stereocenters. The Balaban J connectivity index is 1.62. The van der Waals surface area contributed by atoms with Gasteiger partial charge in [-0.15, -0.1) is 0 Å². The summed E-state index contributed by atoms with van der Waals surface area (Å²) in [5, 5.41) is 11.8. The van der Waals surface area contributed by atoms with Gasteiger partial charge in [0.2, 0.25) is 0 Å². The molecular weight excluding hydrogens is 315 g/mol. The van der Waals surface area contributed by atoms with Crippen molar-refractivity contribution in [3.63, 3.8) is 0 Å². The number of carbonyl (C=O) groups excluding carboxylic acids is 1. The van der Waals surface area contributed by atoms with Crippen LogP contribution in [0.3, 0.4) is 0 Å². The summed E-state index contributed by atoms with van der Waals surface area (Å²) in [6.45, 7) is 2.56. The number of carboxylic acids is 1. The van der Waals surface area contributed by atoms with Gasteiger partial charge >= 0.3 is 5.97 Å². The van der Waals surface area contributed by atoms with Gasteiger partial charge in [-0.3, -0.25) is 14.5 Å². The molecule has 0 unspecified atom stereocenters. The topological polar surface area (TPSA) is 98.3 Å². The van der Waals surface area contributed by atoms with E-state index in [2.05, 4.69) is 15.3 Å². The van der Waals surface area contributed by atoms with Crippen molar-refractivity contribution in [1.29, 1.82) is 0 Å². The molecule has 1 fully saturated rings. The van der Waals surface area contributed by atoms with Gasteiger partial charge in [0.25, 0.3) is 5.91 Å². The molecule has 7 nitrogen and oxygen atoms in total. The van der Waals surface area contributed by atoms with Crippen molar-refractivity contribution in [2.24, 2.45) is 0 Å². The molecule has 1 heterocycles. The third-order valence-electron chi connectivity index (χ3n) is 4.44. The first-order valence-corrected chi connectivity index (χ1v) is 7.87. The van der Waals surface area contributed by atoms with Crippen LogP contribution in [-0.2, 0) is 4.79 Å². The van der Waals surface area contributed by atoms with E-state index in [1.54, 1.807) is 0 Å². The number of carboxylic acid groups (broad SMARTS) is 1. The van der Waals surface area contributed by atoms with Gasteiger partial charge in [-0.1, -0.05) is 6.92 Å². The van der Waals surface area contributed by atoms with Crippen LogP contribution < -0.4 is 5.32 Å². The number of likely N-dealkylation sites (N-methyl/N-ethyl adjacent to an activating group) is 1. The van der Waals surface area contributed by atoms with Crippen molar-refractivity contribution in [3.8, 4) is 0 Å². The third-order valence-corrected chi connectivity index (χ3v) is 4.44. The van der Waals surface area contributed by atoms with Crippen LogP contribution in [0.5, 0.6) is 0 Å². The van der Waals surface area contributed by atoms with E-state index in [1.807, 2.05) is 11.8 Å². The molecule has 0 saturated heterocycles. The van der Waals surface area contributed by atoms with Crippen molar-refractivity contribution in [2.45, 2.75) is 31.8 Å². The van der Waals surface area contributed by atoms with Crippen LogP contribution in [-0.4, -0.2) is 57.0 Å². The Hall–Kier alpha value is -2.48. The maximum atomic E-state index is 13.6. The first-order valence-electron chi connectivity index (χ1n) is 7.87. The van der Waals surface area contributed by atoms with Crippen molar-refractivity contribution in [3.05, 3.63) is 29.8 Å². The second kappa shape index (κ2) is 6.56. The second-order valence-corrected chi connectivity index (χ2v) is 6.00. The number of H-pyrrole nitrogens is 1. The first-order chi connectivity index (χ1) is 11.5. The number of fused-ring (bicyclic) bond motifs is 1. The Bertz CT molecular complexity index is 770. The number of benzene rings is 1. The molecule has 0 radical (unpaired) electrons. The normalized spacial score (nSPS) is 20.1. The van der Waals surface area contributed by atoms with E-state index >= 15 is 0 Å². The van der Waals surface area contributed by atoms with Gasteiger partial charge in [-0.25, -0.2) is 9.37 Å². The number of hydrogen-bond donors (Lipinski definition) is 3. The lowest BCUT2D eigenvalue weighted by molar-refractivity contribution is -0.139. The van der Waals surface area contributed by atoms with Crippen LogP contribution in [0, 0.1) is 5.82 Å². The van der Waals surface area contributed by atoms with Crippen LogP contribution in [0.4, 0.5) is 4.39 Å². The Kier molecular flexibility index (Phi) is 4.48. The molecule has 3 rings (SSSR count). The van der Waals surface area contributed by atoms with Gasteiger partial charge in [-0.05, 0) is 31.5 Å². The second-order valence-electron chi connectivity index (χ2n) is 6.00. The zero-order valence-corrected chi connectivity index (χ0v) is 13.3. The number of amides is 1. The largest absolute Gasteiger partial charge is 0.480 e. The maximum absolute atomic E-state index is 13.6. The van der Waals surface area contributed by atoms with Crippen LogP contribution in [0.2, 0.25) is 0 Å². The van der Waals surface area contributed by atoms with Gasteiger partial charge < -0.3 is 15.4 Å². The molecule has 1 amide bonds. The molecule has 1 aliphatic rings. The first kappa shape index (κ1) is 16.4. The van der Waals surface area contributed by atoms with Crippen molar-refractivity contribution in [1.82, 2.24) is 20.2 Å². The van der Waals surface area contributed by atoms with E-state index < -0.39 is 11.8 Å². The minimum absolute atomic E-state index is 0.000375. The maximum Gasteiger partial charge on any atom is 0.317 e. The fraction of sp³-hybridized carbons (Fsp3) is 0.438. The lowest BCUT2D eigenvalue weighted by atomic mass is 9.85. The number of hydrogen-bond acceptors (Lipinski definition) is 4. The number of halogens is 1. The number of rotatable bonds is 6. The number of imidazole rings is 1. The molecule has 1 saturated carbocycles. The lowest BCUT2D eigenvalue weighted by Crippen LogP contribution is -2.54. The summed E-state index contributed by atoms with van der Waals surface area (Å²) in [4.78, 5) is 32.0. The van der Waals surface area contributed by atoms with Crippen molar-refractivity contribution in [2.75, 3.05) is 13.1 Å². The number of aromatic nitrogens is 2. The monoisotopic (exact) mass is 334 g/mol. The molecule has 0 aliphatic heterocycles. The average Bonchev–Trinajstić information content (AvgIpc) is 2.95. The highest BCUT2D eigenvalue weighted by Crippen LogP contribution is 2.26. The predicted molar refractivity (Wildman–Crippen MR) is 85.2 cm³/mol. The molecule has 1 aliphatic carbocycles. The molecule has 1 aromatic heterocycles. The third kappa shape index (κ3) is 3.23. The van der Waals surface area contributed by atoms with Crippen LogP contribution in [0.1, 0.15) is 30.1 Å². The Morgan fingerprint density at radius 2 is 2.21 bits per heavy atom. The minimum Gasteiger partial charge on any atom is -0.480 e. The molecule has 24 heavy (non-hydrogen) atoms. The van der Waals surface area contributed by atoms with Crippen molar-refractivity contribution >= 4 is 22.9 Å². The van der Waals surface area contributed by atoms with E-state index in [0.29, 0.717) is 30.4 Å². The summed E-state index contributed by atoms with van der Waals surface area (Å²) >= 11 is 0. The smallest absolute Gasteiger partial charge is 0.317 e. The zero-order chi connectivity index (χ0) is 17.3. The molecule has 128 valence electrons. The highest BCUT2D eigenvalue weighted by molar-refractivity contribution is 6.05. The van der Waals surface area contributed by atoms with E-state index in [1.165, 1.54) is 18.5 Å². The fourth-order valence-electron chi connectivity index (χ4n) is 3.13. The number of nitrogens with one attached hydrogen (secondary N) is 2. The number of aliphatic carboxylic acids is 1. The van der Waals surface area contributed by atoms with Gasteiger partial charge in [0.05, 0.1) is 24.0 Å². The molecule has 3 N–H and O–H groups in total. The van der Waals surface area contributed by atoms with Gasteiger partial charge in [-0.2, -0.15) is 0 Å². The minimum atomic E-state index is -0.856. The molecular formula is C16H19FN4O3. The summed E-state index contributed by atoms with van der Waals surface area (Å²) in [6.07, 6.45) is 2.79. The SMILES string of the molecule is CCN(CC(=O)O)C1CC(NC(=O)c2cc(F)cc3[nH]cnc23)C1. The van der Waals surface area contributed by atoms with Gasteiger partial charge in [0.15, 0.2) is 0 Å².